The number of anilines is 1. The molecule has 0 aliphatic carbocycles. The maximum atomic E-state index is 12.1. The highest BCUT2D eigenvalue weighted by Gasteiger charge is 2.08. The molecular weight excluding hydrogens is 388 g/mol. The van der Waals surface area contributed by atoms with Crippen LogP contribution in [0.5, 0.6) is 5.75 Å². The van der Waals surface area contributed by atoms with Gasteiger partial charge in [0.25, 0.3) is 5.91 Å². The lowest BCUT2D eigenvalue weighted by molar-refractivity contribution is 0.0977. The van der Waals surface area contributed by atoms with E-state index in [0.29, 0.717) is 17.9 Å². The molecule has 1 amide bonds. The second-order valence-electron chi connectivity index (χ2n) is 5.19. The van der Waals surface area contributed by atoms with Gasteiger partial charge in [-0.2, -0.15) is 0 Å². The minimum absolute atomic E-state index is 0.222. The third-order valence-corrected chi connectivity index (χ3v) is 3.64. The van der Waals surface area contributed by atoms with Gasteiger partial charge in [-0.1, -0.05) is 28.6 Å². The Bertz CT molecular complexity index is 760. The van der Waals surface area contributed by atoms with Crippen LogP contribution in [-0.4, -0.2) is 17.6 Å². The van der Waals surface area contributed by atoms with Crippen molar-refractivity contribution in [1.82, 2.24) is 5.32 Å². The normalized spacial score (nSPS) is 9.92. The van der Waals surface area contributed by atoms with Gasteiger partial charge >= 0.3 is 0 Å². The van der Waals surface area contributed by atoms with Gasteiger partial charge in [-0.15, -0.1) is 0 Å². The van der Waals surface area contributed by atoms with Gasteiger partial charge in [-0.25, -0.2) is 0 Å². The lowest BCUT2D eigenvalue weighted by Gasteiger charge is -2.11. The van der Waals surface area contributed by atoms with Crippen LogP contribution in [-0.2, 0) is 0 Å². The van der Waals surface area contributed by atoms with Crippen molar-refractivity contribution in [3.05, 3.63) is 70.7 Å². The average molecular weight is 405 g/mol. The fourth-order valence-corrected chi connectivity index (χ4v) is 2.28. The maximum absolute atomic E-state index is 12.1. The molecule has 2 rings (SSSR count). The van der Waals surface area contributed by atoms with E-state index in [1.54, 1.807) is 30.3 Å². The maximum Gasteiger partial charge on any atom is 0.257 e. The van der Waals surface area contributed by atoms with E-state index in [4.69, 9.17) is 17.0 Å². The molecule has 2 aromatic rings. The van der Waals surface area contributed by atoms with Crippen LogP contribution in [0.1, 0.15) is 17.3 Å². The number of amides is 1. The van der Waals surface area contributed by atoms with E-state index < -0.39 is 0 Å². The molecule has 6 heteroatoms. The molecule has 0 saturated carbocycles. The monoisotopic (exact) mass is 404 g/mol. The Morgan fingerprint density at radius 2 is 1.96 bits per heavy atom. The first-order valence-electron chi connectivity index (χ1n) is 7.19. The van der Waals surface area contributed by atoms with Crippen LogP contribution in [0.15, 0.2) is 65.2 Å². The number of ether oxygens (including phenoxy) is 1. The highest BCUT2D eigenvalue weighted by molar-refractivity contribution is 9.10. The van der Waals surface area contributed by atoms with E-state index in [1.165, 1.54) is 0 Å². The molecule has 0 aromatic heterocycles. The van der Waals surface area contributed by atoms with E-state index in [1.807, 2.05) is 25.1 Å². The largest absolute Gasteiger partial charge is 0.489 e. The predicted octanol–water partition coefficient (Wildman–Crippen LogP) is 4.53. The smallest absolute Gasteiger partial charge is 0.257 e. The van der Waals surface area contributed by atoms with E-state index in [2.05, 4.69) is 33.1 Å². The van der Waals surface area contributed by atoms with Crippen molar-refractivity contribution in [3.63, 3.8) is 0 Å². The molecule has 0 aliphatic heterocycles. The zero-order valence-corrected chi connectivity index (χ0v) is 15.5. The molecular formula is C18H17BrN2O2S. The molecule has 0 atom stereocenters. The summed E-state index contributed by atoms with van der Waals surface area (Å²) in [5.74, 6) is 0.430. The van der Waals surface area contributed by atoms with Gasteiger partial charge in [0, 0.05) is 21.8 Å². The van der Waals surface area contributed by atoms with Gasteiger partial charge in [0.2, 0.25) is 0 Å². The Labute approximate surface area is 155 Å². The van der Waals surface area contributed by atoms with Crippen LogP contribution in [0.3, 0.4) is 0 Å². The summed E-state index contributed by atoms with van der Waals surface area (Å²) in [4.78, 5) is 12.1. The fraction of sp³-hybridized carbons (Fsp3) is 0.111. The lowest BCUT2D eigenvalue weighted by atomic mass is 10.2. The highest BCUT2D eigenvalue weighted by atomic mass is 79.9. The van der Waals surface area contributed by atoms with Crippen molar-refractivity contribution in [2.45, 2.75) is 6.92 Å². The molecule has 0 saturated heterocycles. The third-order valence-electron chi connectivity index (χ3n) is 2.91. The summed E-state index contributed by atoms with van der Waals surface area (Å²) in [7, 11) is 0. The number of benzene rings is 2. The number of carbonyl (C=O) groups excluding carboxylic acids is 1. The fourth-order valence-electron chi connectivity index (χ4n) is 1.81. The molecule has 0 unspecified atom stereocenters. The lowest BCUT2D eigenvalue weighted by Crippen LogP contribution is -2.34. The standard InChI is InChI=1S/C18H17BrN2O2S/c1-12(2)11-23-16-5-3-4-15(10-16)20-18(24)21-17(22)13-6-8-14(19)9-7-13/h3-10H,1,11H2,2H3,(H2,20,21,22,24). The van der Waals surface area contributed by atoms with Crippen molar-refractivity contribution in [3.8, 4) is 5.75 Å². The Hall–Kier alpha value is -2.18. The Balaban J connectivity index is 1.94. The van der Waals surface area contributed by atoms with Gasteiger partial charge < -0.3 is 10.1 Å². The molecule has 2 N–H and O–H groups in total. The van der Waals surface area contributed by atoms with E-state index in [0.717, 1.165) is 15.7 Å². The zero-order valence-electron chi connectivity index (χ0n) is 13.1. The summed E-state index contributed by atoms with van der Waals surface area (Å²) in [6.45, 7) is 6.15. The van der Waals surface area contributed by atoms with Crippen LogP contribution in [0, 0.1) is 0 Å². The second kappa shape index (κ2) is 8.61. The first-order chi connectivity index (χ1) is 11.4. The number of hydrogen-bond donors (Lipinski definition) is 2. The van der Waals surface area contributed by atoms with E-state index in [-0.39, 0.29) is 11.0 Å². The summed E-state index contributed by atoms with van der Waals surface area (Å²) in [6.07, 6.45) is 0. The molecule has 0 aliphatic rings. The van der Waals surface area contributed by atoms with Crippen LogP contribution in [0.2, 0.25) is 0 Å². The summed E-state index contributed by atoms with van der Waals surface area (Å²) in [5.41, 5.74) is 2.20. The van der Waals surface area contributed by atoms with Crippen molar-refractivity contribution < 1.29 is 9.53 Å². The molecule has 0 spiro atoms. The Morgan fingerprint density at radius 1 is 1.25 bits per heavy atom. The molecule has 0 radical (unpaired) electrons. The molecule has 24 heavy (non-hydrogen) atoms. The number of nitrogens with one attached hydrogen (secondary N) is 2. The van der Waals surface area contributed by atoms with Crippen LogP contribution >= 0.6 is 28.1 Å². The van der Waals surface area contributed by atoms with Crippen molar-refractivity contribution >= 4 is 44.9 Å². The molecule has 0 fully saturated rings. The quantitative estimate of drug-likeness (QED) is 0.567. The van der Waals surface area contributed by atoms with Gasteiger partial charge in [0.05, 0.1) is 0 Å². The first-order valence-corrected chi connectivity index (χ1v) is 8.39. The van der Waals surface area contributed by atoms with Gasteiger partial charge in [-0.3, -0.25) is 10.1 Å². The summed E-state index contributed by atoms with van der Waals surface area (Å²) in [5, 5.41) is 5.84. The van der Waals surface area contributed by atoms with Gasteiger partial charge in [0.1, 0.15) is 12.4 Å². The second-order valence-corrected chi connectivity index (χ2v) is 6.51. The van der Waals surface area contributed by atoms with E-state index >= 15 is 0 Å². The molecule has 4 nitrogen and oxygen atoms in total. The molecule has 0 heterocycles. The number of rotatable bonds is 5. The topological polar surface area (TPSA) is 50.4 Å². The SMILES string of the molecule is C=C(C)COc1cccc(NC(=S)NC(=O)c2ccc(Br)cc2)c1. The number of thiocarbonyl (C=S) groups is 1. The molecule has 0 bridgehead atoms. The summed E-state index contributed by atoms with van der Waals surface area (Å²) < 4.78 is 6.49. The number of halogens is 1. The van der Waals surface area contributed by atoms with Gasteiger partial charge in [-0.05, 0) is 61.1 Å². The molecule has 2 aromatic carbocycles. The minimum atomic E-state index is -0.269. The third kappa shape index (κ3) is 5.79. The summed E-state index contributed by atoms with van der Waals surface area (Å²) in [6, 6.07) is 14.4. The minimum Gasteiger partial charge on any atom is -0.489 e. The Morgan fingerprint density at radius 3 is 2.62 bits per heavy atom. The van der Waals surface area contributed by atoms with Crippen LogP contribution in [0.25, 0.3) is 0 Å². The zero-order chi connectivity index (χ0) is 17.5. The van der Waals surface area contributed by atoms with E-state index in [9.17, 15) is 4.79 Å². The van der Waals surface area contributed by atoms with Crippen LogP contribution in [0.4, 0.5) is 5.69 Å². The summed E-state index contributed by atoms with van der Waals surface area (Å²) >= 11 is 8.51. The number of carbonyl (C=O) groups is 1. The van der Waals surface area contributed by atoms with Gasteiger partial charge in [0.15, 0.2) is 5.11 Å². The van der Waals surface area contributed by atoms with Crippen molar-refractivity contribution in [2.24, 2.45) is 0 Å². The average Bonchev–Trinajstić information content (AvgIpc) is 2.53. The first kappa shape index (κ1) is 18.2. The Kier molecular flexibility index (Phi) is 6.52. The highest BCUT2D eigenvalue weighted by Crippen LogP contribution is 2.18. The van der Waals surface area contributed by atoms with Crippen molar-refractivity contribution in [1.29, 1.82) is 0 Å². The molecule has 124 valence electrons. The van der Waals surface area contributed by atoms with Crippen molar-refractivity contribution in [2.75, 3.05) is 11.9 Å². The predicted molar refractivity (Wildman–Crippen MR) is 105 cm³/mol. The van der Waals surface area contributed by atoms with Crippen LogP contribution < -0.4 is 15.4 Å². The number of hydrogen-bond acceptors (Lipinski definition) is 3.